The molecule has 1 saturated carbocycles. The predicted molar refractivity (Wildman–Crippen MR) is 83.9 cm³/mol. The van der Waals surface area contributed by atoms with Crippen molar-refractivity contribution >= 4 is 11.4 Å². The molecule has 0 amide bonds. The van der Waals surface area contributed by atoms with Gasteiger partial charge in [-0.15, -0.1) is 0 Å². The first-order chi connectivity index (χ1) is 10.1. The standard InChI is InChI=1S/C16H24N2O3/c1-3-8-21-16-10-14(9-15(11-16)18(19)20)17-12(2)13-6-4-5-7-13/h9-13,17H,3-8H2,1-2H3. The largest absolute Gasteiger partial charge is 0.493 e. The van der Waals surface area contributed by atoms with Gasteiger partial charge in [0.15, 0.2) is 0 Å². The van der Waals surface area contributed by atoms with E-state index in [0.29, 0.717) is 24.3 Å². The van der Waals surface area contributed by atoms with Gasteiger partial charge in [0.05, 0.1) is 17.6 Å². The minimum atomic E-state index is -0.371. The zero-order chi connectivity index (χ0) is 15.2. The van der Waals surface area contributed by atoms with Crippen LogP contribution >= 0.6 is 0 Å². The Bertz CT molecular complexity index is 484. The second-order valence-electron chi connectivity index (χ2n) is 5.80. The van der Waals surface area contributed by atoms with Crippen LogP contribution < -0.4 is 10.1 Å². The van der Waals surface area contributed by atoms with Crippen LogP contribution in [0.3, 0.4) is 0 Å². The van der Waals surface area contributed by atoms with Crippen molar-refractivity contribution in [3.8, 4) is 5.75 Å². The van der Waals surface area contributed by atoms with Crippen LogP contribution in [0.25, 0.3) is 0 Å². The highest BCUT2D eigenvalue weighted by Gasteiger charge is 2.22. The summed E-state index contributed by atoms with van der Waals surface area (Å²) in [5.41, 5.74) is 0.847. The maximum Gasteiger partial charge on any atom is 0.275 e. The number of nitro groups is 1. The van der Waals surface area contributed by atoms with E-state index in [9.17, 15) is 10.1 Å². The molecule has 0 aromatic heterocycles. The molecule has 0 bridgehead atoms. The fourth-order valence-corrected chi connectivity index (χ4v) is 2.91. The van der Waals surface area contributed by atoms with Crippen molar-refractivity contribution in [2.45, 2.75) is 52.0 Å². The molecule has 1 aliphatic rings. The number of nitrogens with zero attached hydrogens (tertiary/aromatic N) is 1. The Labute approximate surface area is 125 Å². The molecule has 0 spiro atoms. The van der Waals surface area contributed by atoms with Crippen molar-refractivity contribution in [3.63, 3.8) is 0 Å². The van der Waals surface area contributed by atoms with Crippen LogP contribution in [0.1, 0.15) is 46.0 Å². The van der Waals surface area contributed by atoms with Gasteiger partial charge >= 0.3 is 0 Å². The van der Waals surface area contributed by atoms with Crippen LogP contribution in [-0.2, 0) is 0 Å². The topological polar surface area (TPSA) is 64.4 Å². The third-order valence-electron chi connectivity index (χ3n) is 4.08. The molecule has 1 atom stereocenters. The highest BCUT2D eigenvalue weighted by atomic mass is 16.6. The van der Waals surface area contributed by atoms with E-state index < -0.39 is 0 Å². The summed E-state index contributed by atoms with van der Waals surface area (Å²) in [6.07, 6.45) is 5.93. The van der Waals surface area contributed by atoms with Crippen molar-refractivity contribution in [1.29, 1.82) is 0 Å². The molecular formula is C16H24N2O3. The molecule has 1 unspecified atom stereocenters. The van der Waals surface area contributed by atoms with Gasteiger partial charge in [0.2, 0.25) is 0 Å². The number of nitro benzene ring substituents is 1. The number of benzene rings is 1. The van der Waals surface area contributed by atoms with Crippen LogP contribution in [0.2, 0.25) is 0 Å². The van der Waals surface area contributed by atoms with Crippen molar-refractivity contribution in [3.05, 3.63) is 28.3 Å². The summed E-state index contributed by atoms with van der Waals surface area (Å²) in [7, 11) is 0. The van der Waals surface area contributed by atoms with E-state index >= 15 is 0 Å². The molecule has 1 aromatic carbocycles. The van der Waals surface area contributed by atoms with E-state index in [-0.39, 0.29) is 10.6 Å². The van der Waals surface area contributed by atoms with Crippen LogP contribution in [-0.4, -0.2) is 17.6 Å². The van der Waals surface area contributed by atoms with Crippen molar-refractivity contribution < 1.29 is 9.66 Å². The SMILES string of the molecule is CCCOc1cc(NC(C)C2CCCC2)cc([N+](=O)[O-])c1. The number of nitrogens with one attached hydrogen (secondary N) is 1. The summed E-state index contributed by atoms with van der Waals surface area (Å²) in [5, 5.41) is 14.5. The van der Waals surface area contributed by atoms with Gasteiger partial charge in [0, 0.05) is 23.9 Å². The molecule has 1 fully saturated rings. The zero-order valence-corrected chi connectivity index (χ0v) is 12.8. The van der Waals surface area contributed by atoms with E-state index in [4.69, 9.17) is 4.74 Å². The Morgan fingerprint density at radius 1 is 1.38 bits per heavy atom. The van der Waals surface area contributed by atoms with Crippen molar-refractivity contribution in [2.75, 3.05) is 11.9 Å². The molecule has 0 radical (unpaired) electrons. The maximum absolute atomic E-state index is 11.0. The molecule has 5 nitrogen and oxygen atoms in total. The molecule has 116 valence electrons. The number of rotatable bonds is 7. The summed E-state index contributed by atoms with van der Waals surface area (Å²) in [4.78, 5) is 10.7. The van der Waals surface area contributed by atoms with Gasteiger partial charge in [-0.2, -0.15) is 0 Å². The number of hydrogen-bond acceptors (Lipinski definition) is 4. The second-order valence-corrected chi connectivity index (χ2v) is 5.80. The van der Waals surface area contributed by atoms with Gasteiger partial charge in [-0.25, -0.2) is 0 Å². The monoisotopic (exact) mass is 292 g/mol. The minimum Gasteiger partial charge on any atom is -0.493 e. The highest BCUT2D eigenvalue weighted by molar-refractivity contribution is 5.56. The van der Waals surface area contributed by atoms with Gasteiger partial charge < -0.3 is 10.1 Å². The number of non-ortho nitro benzene ring substituents is 1. The minimum absolute atomic E-state index is 0.0738. The second kappa shape index (κ2) is 7.29. The molecule has 1 aliphatic carbocycles. The molecule has 5 heteroatoms. The first-order valence-corrected chi connectivity index (χ1v) is 7.79. The summed E-state index contributed by atoms with van der Waals surface area (Å²) >= 11 is 0. The lowest BCUT2D eigenvalue weighted by molar-refractivity contribution is -0.384. The lowest BCUT2D eigenvalue weighted by Gasteiger charge is -2.21. The fraction of sp³-hybridized carbons (Fsp3) is 0.625. The summed E-state index contributed by atoms with van der Waals surface area (Å²) < 4.78 is 5.55. The molecule has 1 N–H and O–H groups in total. The van der Waals surface area contributed by atoms with E-state index in [1.165, 1.54) is 31.7 Å². The zero-order valence-electron chi connectivity index (χ0n) is 12.8. The molecule has 0 aliphatic heterocycles. The van der Waals surface area contributed by atoms with Gasteiger partial charge in [0.25, 0.3) is 5.69 Å². The van der Waals surface area contributed by atoms with Gasteiger partial charge in [-0.1, -0.05) is 19.8 Å². The van der Waals surface area contributed by atoms with E-state index in [0.717, 1.165) is 12.1 Å². The third kappa shape index (κ3) is 4.34. The third-order valence-corrected chi connectivity index (χ3v) is 4.08. The lowest BCUT2D eigenvalue weighted by Crippen LogP contribution is -2.23. The number of anilines is 1. The molecule has 21 heavy (non-hydrogen) atoms. The maximum atomic E-state index is 11.0. The Morgan fingerprint density at radius 3 is 2.71 bits per heavy atom. The summed E-state index contributed by atoms with van der Waals surface area (Å²) in [5.74, 6) is 1.22. The van der Waals surface area contributed by atoms with Crippen LogP contribution in [0.5, 0.6) is 5.75 Å². The smallest absolute Gasteiger partial charge is 0.275 e. The van der Waals surface area contributed by atoms with Crippen LogP contribution in [0, 0.1) is 16.0 Å². The first-order valence-electron chi connectivity index (χ1n) is 7.79. The van der Waals surface area contributed by atoms with Crippen LogP contribution in [0.15, 0.2) is 18.2 Å². The average molecular weight is 292 g/mol. The highest BCUT2D eigenvalue weighted by Crippen LogP contribution is 2.31. The molecular weight excluding hydrogens is 268 g/mol. The normalized spacial score (nSPS) is 16.7. The fourth-order valence-electron chi connectivity index (χ4n) is 2.91. The molecule has 1 aromatic rings. The predicted octanol–water partition coefficient (Wildman–Crippen LogP) is 4.37. The Hall–Kier alpha value is -1.78. The average Bonchev–Trinajstić information content (AvgIpc) is 2.99. The van der Waals surface area contributed by atoms with E-state index in [1.54, 1.807) is 6.07 Å². The first kappa shape index (κ1) is 15.6. The van der Waals surface area contributed by atoms with Gasteiger partial charge in [0.1, 0.15) is 5.75 Å². The van der Waals surface area contributed by atoms with Crippen LogP contribution in [0.4, 0.5) is 11.4 Å². The molecule has 2 rings (SSSR count). The lowest BCUT2D eigenvalue weighted by atomic mass is 9.99. The Kier molecular flexibility index (Phi) is 5.42. The van der Waals surface area contributed by atoms with Crippen molar-refractivity contribution in [1.82, 2.24) is 0 Å². The molecule has 0 heterocycles. The summed E-state index contributed by atoms with van der Waals surface area (Å²) in [6.45, 7) is 4.73. The van der Waals surface area contributed by atoms with Gasteiger partial charge in [-0.3, -0.25) is 10.1 Å². The van der Waals surface area contributed by atoms with Crippen molar-refractivity contribution in [2.24, 2.45) is 5.92 Å². The molecule has 0 saturated heterocycles. The Morgan fingerprint density at radius 2 is 2.10 bits per heavy atom. The summed E-state index contributed by atoms with van der Waals surface area (Å²) in [6, 6.07) is 5.26. The Balaban J connectivity index is 2.12. The number of hydrogen-bond donors (Lipinski definition) is 1. The van der Waals surface area contributed by atoms with Gasteiger partial charge in [-0.05, 0) is 32.1 Å². The number of ether oxygens (including phenoxy) is 1. The quantitative estimate of drug-likeness (QED) is 0.598. The van der Waals surface area contributed by atoms with E-state index in [1.807, 2.05) is 13.0 Å². The van der Waals surface area contributed by atoms with E-state index in [2.05, 4.69) is 12.2 Å².